The summed E-state index contributed by atoms with van der Waals surface area (Å²) < 4.78 is 40.9. The number of halogens is 1. The summed E-state index contributed by atoms with van der Waals surface area (Å²) in [4.78, 5) is 12.5. The molecule has 1 atom stereocenters. The van der Waals surface area contributed by atoms with Crippen LogP contribution in [-0.2, 0) is 14.8 Å². The quantitative estimate of drug-likeness (QED) is 0.754. The van der Waals surface area contributed by atoms with Gasteiger partial charge in [-0.3, -0.25) is 4.79 Å². The van der Waals surface area contributed by atoms with Crippen molar-refractivity contribution < 1.29 is 22.7 Å². The number of nitrogens with zero attached hydrogens (tertiary/aromatic N) is 1. The second kappa shape index (κ2) is 9.89. The summed E-state index contributed by atoms with van der Waals surface area (Å²) in [6.07, 6.45) is 9.79. The molecule has 1 aliphatic heterocycles. The van der Waals surface area contributed by atoms with E-state index < -0.39 is 21.6 Å². The maximum Gasteiger partial charge on any atom is 0.243 e. The Balaban J connectivity index is 1.67. The van der Waals surface area contributed by atoms with Crippen molar-refractivity contribution in [2.24, 2.45) is 5.92 Å². The fourth-order valence-corrected chi connectivity index (χ4v) is 6.08. The van der Waals surface area contributed by atoms with Crippen LogP contribution in [0.3, 0.4) is 0 Å². The monoisotopic (exact) mass is 426 g/mol. The SMILES string of the molecule is O=C(NCC1CCCCN1S(=O)(=O)c1ccc(F)c(O)c1)C1CCCCCCC1. The number of phenols is 1. The van der Waals surface area contributed by atoms with Gasteiger partial charge in [0.2, 0.25) is 15.9 Å². The predicted octanol–water partition coefficient (Wildman–Crippen LogP) is 3.55. The Morgan fingerprint density at radius 3 is 2.41 bits per heavy atom. The number of aromatic hydroxyl groups is 1. The second-order valence-corrected chi connectivity index (χ2v) is 10.1. The Morgan fingerprint density at radius 1 is 1.07 bits per heavy atom. The van der Waals surface area contributed by atoms with E-state index in [9.17, 15) is 22.7 Å². The van der Waals surface area contributed by atoms with Crippen LogP contribution in [0.4, 0.5) is 4.39 Å². The third-order valence-electron chi connectivity index (χ3n) is 6.09. The number of hydrogen-bond acceptors (Lipinski definition) is 4. The molecule has 0 radical (unpaired) electrons. The van der Waals surface area contributed by atoms with Crippen LogP contribution >= 0.6 is 0 Å². The van der Waals surface area contributed by atoms with Gasteiger partial charge in [-0.25, -0.2) is 12.8 Å². The number of carbonyl (C=O) groups is 1. The maximum atomic E-state index is 13.3. The smallest absolute Gasteiger partial charge is 0.243 e. The number of piperidine rings is 1. The molecule has 2 N–H and O–H groups in total. The van der Waals surface area contributed by atoms with Gasteiger partial charge in [0, 0.05) is 31.1 Å². The minimum Gasteiger partial charge on any atom is -0.505 e. The van der Waals surface area contributed by atoms with Gasteiger partial charge in [0.05, 0.1) is 4.90 Å². The van der Waals surface area contributed by atoms with Gasteiger partial charge in [-0.1, -0.05) is 38.5 Å². The standard InChI is InChI=1S/C21H31FN2O4S/c22-19-12-11-18(14-20(19)25)29(27,28)24-13-7-6-10-17(24)15-23-21(26)16-8-4-2-1-3-5-9-16/h11-12,14,16-17,25H,1-10,13,15H2,(H,23,26). The molecule has 1 aromatic carbocycles. The fraction of sp³-hybridized carbons (Fsp3) is 0.667. The van der Waals surface area contributed by atoms with E-state index in [0.717, 1.165) is 50.7 Å². The van der Waals surface area contributed by atoms with Crippen LogP contribution in [0.15, 0.2) is 23.1 Å². The molecule has 6 nitrogen and oxygen atoms in total. The summed E-state index contributed by atoms with van der Waals surface area (Å²) in [5.41, 5.74) is 0. The summed E-state index contributed by atoms with van der Waals surface area (Å²) in [5.74, 6) is -1.50. The number of carbonyl (C=O) groups excluding carboxylic acids is 1. The normalized spacial score (nSPS) is 22.6. The first-order valence-corrected chi connectivity index (χ1v) is 12.1. The van der Waals surface area contributed by atoms with Gasteiger partial charge in [0.25, 0.3) is 0 Å². The van der Waals surface area contributed by atoms with Crippen molar-refractivity contribution in [1.29, 1.82) is 0 Å². The summed E-state index contributed by atoms with van der Waals surface area (Å²) in [5, 5.41) is 12.6. The first-order valence-electron chi connectivity index (χ1n) is 10.7. The lowest BCUT2D eigenvalue weighted by Gasteiger charge is -2.35. The summed E-state index contributed by atoms with van der Waals surface area (Å²) in [6.45, 7) is 0.631. The van der Waals surface area contributed by atoms with E-state index >= 15 is 0 Å². The Morgan fingerprint density at radius 2 is 1.72 bits per heavy atom. The van der Waals surface area contributed by atoms with Gasteiger partial charge in [-0.05, 0) is 37.8 Å². The second-order valence-electron chi connectivity index (χ2n) is 8.17. The average Bonchev–Trinajstić information content (AvgIpc) is 2.68. The minimum atomic E-state index is -3.88. The number of amides is 1. The van der Waals surface area contributed by atoms with E-state index in [1.165, 1.54) is 29.6 Å². The van der Waals surface area contributed by atoms with Crippen LogP contribution in [0.2, 0.25) is 0 Å². The summed E-state index contributed by atoms with van der Waals surface area (Å²) in [7, 11) is -3.88. The molecule has 29 heavy (non-hydrogen) atoms. The van der Waals surface area contributed by atoms with Crippen LogP contribution in [0.1, 0.15) is 64.2 Å². The van der Waals surface area contributed by atoms with Crippen molar-refractivity contribution in [2.75, 3.05) is 13.1 Å². The van der Waals surface area contributed by atoms with Crippen molar-refractivity contribution in [3.05, 3.63) is 24.0 Å². The van der Waals surface area contributed by atoms with Gasteiger partial charge < -0.3 is 10.4 Å². The van der Waals surface area contributed by atoms with Gasteiger partial charge in [-0.2, -0.15) is 4.31 Å². The topological polar surface area (TPSA) is 86.7 Å². The first kappa shape index (κ1) is 22.0. The first-order chi connectivity index (χ1) is 13.9. The molecule has 0 bridgehead atoms. The number of benzene rings is 1. The zero-order valence-corrected chi connectivity index (χ0v) is 17.6. The number of rotatable bonds is 5. The molecule has 1 heterocycles. The highest BCUT2D eigenvalue weighted by atomic mass is 32.2. The number of phenolic OH excluding ortho intramolecular Hbond substituents is 1. The number of sulfonamides is 1. The zero-order chi connectivity index (χ0) is 20.9. The molecule has 8 heteroatoms. The summed E-state index contributed by atoms with van der Waals surface area (Å²) >= 11 is 0. The van der Waals surface area contributed by atoms with Gasteiger partial charge in [0.15, 0.2) is 11.6 Å². The lowest BCUT2D eigenvalue weighted by Crippen LogP contribution is -2.50. The van der Waals surface area contributed by atoms with Crippen molar-refractivity contribution >= 4 is 15.9 Å². The van der Waals surface area contributed by atoms with Crippen molar-refractivity contribution in [2.45, 2.75) is 75.1 Å². The Bertz CT molecular complexity index is 807. The Hall–Kier alpha value is -1.67. The van der Waals surface area contributed by atoms with Gasteiger partial charge in [0.1, 0.15) is 0 Å². The Labute approximate surface area is 172 Å². The molecule has 2 aliphatic rings. The molecule has 1 aromatic rings. The van der Waals surface area contributed by atoms with Gasteiger partial charge in [-0.15, -0.1) is 0 Å². The highest BCUT2D eigenvalue weighted by Crippen LogP contribution is 2.28. The largest absolute Gasteiger partial charge is 0.505 e. The van der Waals surface area contributed by atoms with Crippen molar-refractivity contribution in [1.82, 2.24) is 9.62 Å². The third-order valence-corrected chi connectivity index (χ3v) is 8.03. The highest BCUT2D eigenvalue weighted by Gasteiger charge is 2.34. The van der Waals surface area contributed by atoms with Gasteiger partial charge >= 0.3 is 0 Å². The van der Waals surface area contributed by atoms with Crippen LogP contribution in [0, 0.1) is 11.7 Å². The average molecular weight is 427 g/mol. The van der Waals surface area contributed by atoms with Crippen LogP contribution in [0.25, 0.3) is 0 Å². The van der Waals surface area contributed by atoms with E-state index in [4.69, 9.17) is 0 Å². The molecule has 1 unspecified atom stereocenters. The molecule has 162 valence electrons. The lowest BCUT2D eigenvalue weighted by molar-refractivity contribution is -0.125. The van der Waals surface area contributed by atoms with Crippen molar-refractivity contribution in [3.8, 4) is 5.75 Å². The molecule has 1 saturated heterocycles. The van der Waals surface area contributed by atoms with E-state index in [-0.39, 0.29) is 29.3 Å². The molecule has 1 aliphatic carbocycles. The van der Waals surface area contributed by atoms with Crippen LogP contribution < -0.4 is 5.32 Å². The minimum absolute atomic E-state index is 0.0120. The number of hydrogen-bond donors (Lipinski definition) is 2. The van der Waals surface area contributed by atoms with Crippen LogP contribution in [0.5, 0.6) is 5.75 Å². The fourth-order valence-electron chi connectivity index (χ4n) is 4.36. The molecular weight excluding hydrogens is 395 g/mol. The molecule has 0 aromatic heterocycles. The molecule has 2 fully saturated rings. The lowest BCUT2D eigenvalue weighted by atomic mass is 9.90. The van der Waals surface area contributed by atoms with E-state index in [1.807, 2.05) is 0 Å². The van der Waals surface area contributed by atoms with E-state index in [0.29, 0.717) is 13.0 Å². The van der Waals surface area contributed by atoms with E-state index in [1.54, 1.807) is 0 Å². The highest BCUT2D eigenvalue weighted by molar-refractivity contribution is 7.89. The van der Waals surface area contributed by atoms with Crippen LogP contribution in [-0.4, -0.2) is 42.9 Å². The van der Waals surface area contributed by atoms with E-state index in [2.05, 4.69) is 5.32 Å². The molecule has 3 rings (SSSR count). The number of nitrogens with one attached hydrogen (secondary N) is 1. The summed E-state index contributed by atoms with van der Waals surface area (Å²) in [6, 6.07) is 2.74. The maximum absolute atomic E-state index is 13.3. The predicted molar refractivity (Wildman–Crippen MR) is 108 cm³/mol. The molecule has 0 spiro atoms. The zero-order valence-electron chi connectivity index (χ0n) is 16.8. The molecule has 1 saturated carbocycles. The molecular formula is C21H31FN2O4S. The molecule has 1 amide bonds. The Kier molecular flexibility index (Phi) is 7.51. The van der Waals surface area contributed by atoms with Crippen molar-refractivity contribution in [3.63, 3.8) is 0 Å². The third kappa shape index (κ3) is 5.48.